The number of likely N-dealkylation sites (tertiary alicyclic amines) is 1. The number of hydrogen-bond donors (Lipinski definition) is 3. The zero-order valence-corrected chi connectivity index (χ0v) is 23.1. The van der Waals surface area contributed by atoms with Crippen molar-refractivity contribution in [3.8, 4) is 0 Å². The minimum atomic E-state index is -0.883. The number of benzene rings is 1. The third kappa shape index (κ3) is 8.29. The molecule has 1 aromatic rings. The molecule has 38 heavy (non-hydrogen) atoms. The lowest BCUT2D eigenvalue weighted by Gasteiger charge is -2.47. The maximum atomic E-state index is 13.4. The van der Waals surface area contributed by atoms with Gasteiger partial charge in [-0.25, -0.2) is 4.79 Å². The highest BCUT2D eigenvalue weighted by atomic mass is 16.6. The van der Waals surface area contributed by atoms with Gasteiger partial charge < -0.3 is 25.2 Å². The number of nitrogens with one attached hydrogen (secondary N) is 2. The molecule has 210 valence electrons. The van der Waals surface area contributed by atoms with Crippen LogP contribution in [0.1, 0.15) is 58.4 Å². The highest BCUT2D eigenvalue weighted by Gasteiger charge is 2.41. The highest BCUT2D eigenvalue weighted by Crippen LogP contribution is 2.39. The summed E-state index contributed by atoms with van der Waals surface area (Å²) in [5.74, 6) is 1.11. The molecular formula is C30H45N3O5. The molecular weight excluding hydrogens is 482 g/mol. The number of aliphatic hydroxyl groups is 1. The third-order valence-electron chi connectivity index (χ3n) is 7.90. The van der Waals surface area contributed by atoms with Gasteiger partial charge >= 0.3 is 6.09 Å². The Balaban J connectivity index is 1.48. The van der Waals surface area contributed by atoms with Crippen molar-refractivity contribution in [2.75, 3.05) is 26.3 Å². The number of β-amino-alcohol motifs (C(OH)–C–C–N with tert-alkyl or cyclic N) is 1. The van der Waals surface area contributed by atoms with Crippen molar-refractivity contribution >= 4 is 12.0 Å². The third-order valence-corrected chi connectivity index (χ3v) is 7.90. The van der Waals surface area contributed by atoms with E-state index in [9.17, 15) is 14.7 Å². The average molecular weight is 528 g/mol. The topological polar surface area (TPSA) is 100 Å². The molecule has 8 heteroatoms. The van der Waals surface area contributed by atoms with Gasteiger partial charge in [-0.3, -0.25) is 9.69 Å². The van der Waals surface area contributed by atoms with Gasteiger partial charge in [0.2, 0.25) is 5.91 Å². The van der Waals surface area contributed by atoms with Gasteiger partial charge in [0.15, 0.2) is 0 Å². The summed E-state index contributed by atoms with van der Waals surface area (Å²) < 4.78 is 10.9. The zero-order valence-electron chi connectivity index (χ0n) is 23.1. The molecule has 0 radical (unpaired) electrons. The van der Waals surface area contributed by atoms with Crippen LogP contribution in [0.5, 0.6) is 0 Å². The Kier molecular flexibility index (Phi) is 9.85. The molecule has 1 saturated carbocycles. The van der Waals surface area contributed by atoms with Crippen LogP contribution in [-0.2, 0) is 20.7 Å². The standard InChI is InChI=1S/C30H45N3O5/c1-30(2,3)32-28(35)26-17-22-12-7-8-13-23(22)18-33(26)19-27(34)25(16-21-10-5-4-6-11-21)31-29(36)38-24-14-9-15-37-20-24/h4-6,9-11,14,22-27,34H,7-8,12-13,15-20H2,1-3H3,(H,31,36)(H,32,35)/t22-,23+,24+,25-,26?,27+/m0/s1. The van der Waals surface area contributed by atoms with Crippen molar-refractivity contribution in [1.29, 1.82) is 0 Å². The number of hydrogen-bond acceptors (Lipinski definition) is 6. The Morgan fingerprint density at radius 3 is 2.58 bits per heavy atom. The smallest absolute Gasteiger partial charge is 0.408 e. The second kappa shape index (κ2) is 13.1. The number of amides is 2. The highest BCUT2D eigenvalue weighted by molar-refractivity contribution is 5.82. The fraction of sp³-hybridized carbons (Fsp3) is 0.667. The predicted molar refractivity (Wildman–Crippen MR) is 147 cm³/mol. The van der Waals surface area contributed by atoms with E-state index in [2.05, 4.69) is 15.5 Å². The number of ether oxygens (including phenoxy) is 2. The maximum Gasteiger partial charge on any atom is 0.408 e. The van der Waals surface area contributed by atoms with Crippen LogP contribution in [0.4, 0.5) is 4.79 Å². The maximum absolute atomic E-state index is 13.4. The second-order valence-electron chi connectivity index (χ2n) is 12.2. The fourth-order valence-corrected chi connectivity index (χ4v) is 6.06. The van der Waals surface area contributed by atoms with Gasteiger partial charge in [0.25, 0.3) is 0 Å². The van der Waals surface area contributed by atoms with Gasteiger partial charge in [-0.1, -0.05) is 55.7 Å². The van der Waals surface area contributed by atoms with E-state index < -0.39 is 24.3 Å². The molecule has 1 saturated heterocycles. The van der Waals surface area contributed by atoms with Crippen molar-refractivity contribution in [2.45, 2.75) is 89.1 Å². The molecule has 4 rings (SSSR count). The van der Waals surface area contributed by atoms with Gasteiger partial charge in [-0.05, 0) is 63.5 Å². The van der Waals surface area contributed by atoms with Crippen LogP contribution >= 0.6 is 0 Å². The molecule has 3 N–H and O–H groups in total. The number of nitrogens with zero attached hydrogens (tertiary/aromatic N) is 1. The molecule has 1 aromatic carbocycles. The van der Waals surface area contributed by atoms with E-state index in [0.717, 1.165) is 18.5 Å². The summed E-state index contributed by atoms with van der Waals surface area (Å²) in [6.45, 7) is 7.90. The SMILES string of the molecule is CC(C)(C)NC(=O)C1C[C@@H]2CCCC[C@@H]2CN1C[C@@H](O)[C@H](Cc1ccccc1)NC(=O)O[C@@H]1C=CCOC1. The Morgan fingerprint density at radius 1 is 1.16 bits per heavy atom. The van der Waals surface area contributed by atoms with Crippen molar-refractivity contribution in [1.82, 2.24) is 15.5 Å². The molecule has 0 bridgehead atoms. The summed E-state index contributed by atoms with van der Waals surface area (Å²) in [5, 5.41) is 17.6. The molecule has 2 fully saturated rings. The Bertz CT molecular complexity index is 947. The van der Waals surface area contributed by atoms with Crippen molar-refractivity contribution in [2.24, 2.45) is 11.8 Å². The fourth-order valence-electron chi connectivity index (χ4n) is 6.06. The minimum Gasteiger partial charge on any atom is -0.440 e. The normalized spacial score (nSPS) is 27.6. The molecule has 2 aliphatic heterocycles. The number of carbonyl (C=O) groups excluding carboxylic acids is 2. The van der Waals surface area contributed by atoms with Gasteiger partial charge in [-0.2, -0.15) is 0 Å². The molecule has 2 heterocycles. The van der Waals surface area contributed by atoms with Crippen LogP contribution in [0.2, 0.25) is 0 Å². The number of carbonyl (C=O) groups is 2. The van der Waals surface area contributed by atoms with Crippen LogP contribution in [0.25, 0.3) is 0 Å². The molecule has 0 spiro atoms. The molecule has 8 nitrogen and oxygen atoms in total. The summed E-state index contributed by atoms with van der Waals surface area (Å²) in [6.07, 6.45) is 7.78. The molecule has 1 unspecified atom stereocenters. The van der Waals surface area contributed by atoms with E-state index in [0.29, 0.717) is 38.0 Å². The summed E-state index contributed by atoms with van der Waals surface area (Å²) in [7, 11) is 0. The largest absolute Gasteiger partial charge is 0.440 e. The first-order valence-corrected chi connectivity index (χ1v) is 14.2. The number of piperidine rings is 1. The lowest BCUT2D eigenvalue weighted by Crippen LogP contribution is -2.60. The quantitative estimate of drug-likeness (QED) is 0.448. The van der Waals surface area contributed by atoms with Crippen LogP contribution in [-0.4, -0.2) is 78.1 Å². The molecule has 1 aliphatic carbocycles. The van der Waals surface area contributed by atoms with E-state index >= 15 is 0 Å². The van der Waals surface area contributed by atoms with Gasteiger partial charge in [-0.15, -0.1) is 0 Å². The number of aliphatic hydroxyl groups excluding tert-OH is 1. The first-order valence-electron chi connectivity index (χ1n) is 14.2. The van der Waals surface area contributed by atoms with Crippen molar-refractivity contribution < 1.29 is 24.2 Å². The van der Waals surface area contributed by atoms with Crippen molar-refractivity contribution in [3.05, 3.63) is 48.0 Å². The summed E-state index contributed by atoms with van der Waals surface area (Å²) >= 11 is 0. The minimum absolute atomic E-state index is 0.0183. The molecule has 0 aromatic heterocycles. The van der Waals surface area contributed by atoms with E-state index in [1.807, 2.05) is 63.3 Å². The molecule has 3 aliphatic rings. The first kappa shape index (κ1) is 28.6. The first-order chi connectivity index (χ1) is 18.2. The van der Waals surface area contributed by atoms with Crippen molar-refractivity contribution in [3.63, 3.8) is 0 Å². The predicted octanol–water partition coefficient (Wildman–Crippen LogP) is 3.44. The van der Waals surface area contributed by atoms with E-state index in [4.69, 9.17) is 9.47 Å². The summed E-state index contributed by atoms with van der Waals surface area (Å²) in [5.41, 5.74) is 0.675. The second-order valence-corrected chi connectivity index (χ2v) is 12.2. The molecule has 2 amide bonds. The van der Waals surface area contributed by atoms with Crippen LogP contribution in [0.15, 0.2) is 42.5 Å². The zero-order chi connectivity index (χ0) is 27.1. The van der Waals surface area contributed by atoms with E-state index in [1.54, 1.807) is 0 Å². The van der Waals surface area contributed by atoms with Gasteiger partial charge in [0, 0.05) is 18.6 Å². The van der Waals surface area contributed by atoms with E-state index in [-0.39, 0.29) is 17.5 Å². The number of fused-ring (bicyclic) bond motifs is 1. The van der Waals surface area contributed by atoms with Gasteiger partial charge in [0.1, 0.15) is 6.10 Å². The Labute approximate surface area is 227 Å². The monoisotopic (exact) mass is 527 g/mol. The summed E-state index contributed by atoms with van der Waals surface area (Å²) in [6, 6.07) is 8.93. The Morgan fingerprint density at radius 2 is 1.89 bits per heavy atom. The van der Waals surface area contributed by atoms with Crippen LogP contribution in [0.3, 0.4) is 0 Å². The number of alkyl carbamates (subject to hydrolysis) is 1. The van der Waals surface area contributed by atoms with E-state index in [1.165, 1.54) is 25.7 Å². The Hall–Kier alpha value is -2.42. The lowest BCUT2D eigenvalue weighted by atomic mass is 9.72. The lowest BCUT2D eigenvalue weighted by molar-refractivity contribution is -0.132. The number of rotatable bonds is 8. The van der Waals surface area contributed by atoms with Gasteiger partial charge in [0.05, 0.1) is 31.4 Å². The van der Waals surface area contributed by atoms with Crippen LogP contribution < -0.4 is 10.6 Å². The van der Waals surface area contributed by atoms with Crippen LogP contribution in [0, 0.1) is 11.8 Å². The average Bonchev–Trinajstić information content (AvgIpc) is 2.88. The molecule has 6 atom stereocenters. The summed E-state index contributed by atoms with van der Waals surface area (Å²) in [4.78, 5) is 28.4.